The van der Waals surface area contributed by atoms with Crippen LogP contribution in [0, 0.1) is 6.92 Å². The first-order valence-corrected chi connectivity index (χ1v) is 9.85. The third-order valence-corrected chi connectivity index (χ3v) is 5.68. The number of aromatic nitrogens is 2. The van der Waals surface area contributed by atoms with Gasteiger partial charge in [0.25, 0.3) is 5.91 Å². The Morgan fingerprint density at radius 2 is 1.81 bits per heavy atom. The molecule has 0 N–H and O–H groups in total. The van der Waals surface area contributed by atoms with Gasteiger partial charge in [-0.05, 0) is 47.8 Å². The summed E-state index contributed by atoms with van der Waals surface area (Å²) in [6, 6.07) is 15.6. The highest BCUT2D eigenvalue weighted by Crippen LogP contribution is 2.30. The fraction of sp³-hybridized carbons (Fsp3) is 0.286. The van der Waals surface area contributed by atoms with Crippen LogP contribution in [0.2, 0.25) is 0 Å². The Hall–Kier alpha value is -2.47. The Balaban J connectivity index is 1.42. The molecule has 0 unspecified atom stereocenters. The molecular weight excluding hydrogens is 406 g/mol. The van der Waals surface area contributed by atoms with E-state index in [2.05, 4.69) is 33.0 Å². The molecule has 0 spiro atoms. The zero-order chi connectivity index (χ0) is 18.8. The Morgan fingerprint density at radius 3 is 2.52 bits per heavy atom. The van der Waals surface area contributed by atoms with Crippen molar-refractivity contribution in [2.75, 3.05) is 13.1 Å². The first-order valence-electron chi connectivity index (χ1n) is 9.06. The second-order valence-corrected chi connectivity index (χ2v) is 7.72. The van der Waals surface area contributed by atoms with Crippen LogP contribution >= 0.6 is 15.9 Å². The van der Waals surface area contributed by atoms with Crippen molar-refractivity contribution in [3.05, 3.63) is 70.0 Å². The zero-order valence-electron chi connectivity index (χ0n) is 15.1. The minimum absolute atomic E-state index is 0.0619. The van der Waals surface area contributed by atoms with Gasteiger partial charge >= 0.3 is 0 Å². The van der Waals surface area contributed by atoms with Crippen LogP contribution in [0.3, 0.4) is 0 Å². The maximum Gasteiger partial charge on any atom is 0.254 e. The second-order valence-electron chi connectivity index (χ2n) is 6.87. The van der Waals surface area contributed by atoms with Crippen molar-refractivity contribution in [1.29, 1.82) is 0 Å². The van der Waals surface area contributed by atoms with Crippen molar-refractivity contribution in [3.8, 4) is 11.4 Å². The fourth-order valence-electron chi connectivity index (χ4n) is 3.36. The van der Waals surface area contributed by atoms with Crippen LogP contribution < -0.4 is 0 Å². The molecule has 1 fully saturated rings. The summed E-state index contributed by atoms with van der Waals surface area (Å²) in [5.41, 5.74) is 2.86. The molecule has 1 saturated heterocycles. The predicted molar refractivity (Wildman–Crippen MR) is 106 cm³/mol. The molecule has 2 aromatic carbocycles. The lowest BCUT2D eigenvalue weighted by Gasteiger charge is -2.30. The van der Waals surface area contributed by atoms with Gasteiger partial charge in [0, 0.05) is 29.0 Å². The summed E-state index contributed by atoms with van der Waals surface area (Å²) in [6.45, 7) is 3.43. The van der Waals surface area contributed by atoms with E-state index >= 15 is 0 Å². The number of hydrogen-bond acceptors (Lipinski definition) is 4. The van der Waals surface area contributed by atoms with Gasteiger partial charge in [0.1, 0.15) is 0 Å². The van der Waals surface area contributed by atoms with Gasteiger partial charge in [-0.3, -0.25) is 4.79 Å². The van der Waals surface area contributed by atoms with Crippen LogP contribution in [0.5, 0.6) is 0 Å². The molecule has 0 atom stereocenters. The van der Waals surface area contributed by atoms with E-state index < -0.39 is 0 Å². The smallest absolute Gasteiger partial charge is 0.254 e. The number of nitrogens with zero attached hydrogens (tertiary/aromatic N) is 3. The van der Waals surface area contributed by atoms with Crippen LogP contribution in [0.1, 0.15) is 40.6 Å². The van der Waals surface area contributed by atoms with E-state index in [-0.39, 0.29) is 11.8 Å². The van der Waals surface area contributed by atoms with E-state index in [4.69, 9.17) is 4.52 Å². The Bertz CT molecular complexity index is 944. The van der Waals surface area contributed by atoms with Crippen molar-refractivity contribution < 1.29 is 9.32 Å². The van der Waals surface area contributed by atoms with Crippen molar-refractivity contribution in [2.24, 2.45) is 0 Å². The zero-order valence-corrected chi connectivity index (χ0v) is 16.6. The summed E-state index contributed by atoms with van der Waals surface area (Å²) >= 11 is 3.46. The molecule has 1 aliphatic rings. The molecule has 6 heteroatoms. The van der Waals surface area contributed by atoms with Gasteiger partial charge in [0.05, 0.1) is 5.56 Å². The number of likely N-dealkylation sites (tertiary alicyclic amines) is 1. The maximum atomic E-state index is 12.7. The third kappa shape index (κ3) is 3.81. The van der Waals surface area contributed by atoms with Crippen LogP contribution in [-0.4, -0.2) is 34.0 Å². The standard InChI is InChI=1S/C21H20BrN3O2/c1-14-6-8-15(9-7-14)19-23-20(27-24-19)16-10-12-25(13-11-16)21(26)17-4-2-3-5-18(17)22/h2-9,16H,10-13H2,1H3. The van der Waals surface area contributed by atoms with E-state index in [0.717, 1.165) is 22.9 Å². The number of piperidine rings is 1. The van der Waals surface area contributed by atoms with Gasteiger partial charge in [-0.15, -0.1) is 0 Å². The number of rotatable bonds is 3. The number of carbonyl (C=O) groups is 1. The molecular formula is C21H20BrN3O2. The van der Waals surface area contributed by atoms with Gasteiger partial charge in [-0.25, -0.2) is 0 Å². The first kappa shape index (κ1) is 17.9. The van der Waals surface area contributed by atoms with Crippen molar-refractivity contribution >= 4 is 21.8 Å². The molecule has 1 aliphatic heterocycles. The average Bonchev–Trinajstić information content (AvgIpc) is 3.19. The molecule has 27 heavy (non-hydrogen) atoms. The largest absolute Gasteiger partial charge is 0.339 e. The Labute approximate surface area is 166 Å². The summed E-state index contributed by atoms with van der Waals surface area (Å²) in [5, 5.41) is 4.13. The highest BCUT2D eigenvalue weighted by atomic mass is 79.9. The minimum Gasteiger partial charge on any atom is -0.339 e. The van der Waals surface area contributed by atoms with E-state index in [1.165, 1.54) is 5.56 Å². The molecule has 5 nitrogen and oxygen atoms in total. The number of carbonyl (C=O) groups excluding carboxylic acids is 1. The highest BCUT2D eigenvalue weighted by Gasteiger charge is 2.28. The van der Waals surface area contributed by atoms with Crippen LogP contribution in [0.15, 0.2) is 57.5 Å². The van der Waals surface area contributed by atoms with E-state index in [0.29, 0.717) is 30.4 Å². The number of aryl methyl sites for hydroxylation is 1. The molecule has 3 aromatic rings. The van der Waals surface area contributed by atoms with Crippen LogP contribution in [-0.2, 0) is 0 Å². The predicted octanol–water partition coefficient (Wildman–Crippen LogP) is 4.83. The van der Waals surface area contributed by atoms with E-state index in [1.807, 2.05) is 53.4 Å². The van der Waals surface area contributed by atoms with Gasteiger partial charge in [-0.2, -0.15) is 4.98 Å². The van der Waals surface area contributed by atoms with E-state index in [9.17, 15) is 4.79 Å². The van der Waals surface area contributed by atoms with Crippen molar-refractivity contribution in [3.63, 3.8) is 0 Å². The molecule has 0 radical (unpaired) electrons. The van der Waals surface area contributed by atoms with Gasteiger partial charge in [-0.1, -0.05) is 47.1 Å². The maximum absolute atomic E-state index is 12.7. The monoisotopic (exact) mass is 425 g/mol. The van der Waals surface area contributed by atoms with Gasteiger partial charge in [0.2, 0.25) is 11.7 Å². The average molecular weight is 426 g/mol. The Kier molecular flexibility index (Phi) is 5.07. The SMILES string of the molecule is Cc1ccc(-c2noc(C3CCN(C(=O)c4ccccc4Br)CC3)n2)cc1. The lowest BCUT2D eigenvalue weighted by molar-refractivity contribution is 0.0703. The first-order chi connectivity index (χ1) is 13.1. The minimum atomic E-state index is 0.0619. The summed E-state index contributed by atoms with van der Waals surface area (Å²) in [7, 11) is 0. The third-order valence-electron chi connectivity index (χ3n) is 4.99. The molecule has 0 bridgehead atoms. The van der Waals surface area contributed by atoms with E-state index in [1.54, 1.807) is 0 Å². The molecule has 1 aromatic heterocycles. The lowest BCUT2D eigenvalue weighted by atomic mass is 9.96. The summed E-state index contributed by atoms with van der Waals surface area (Å²) < 4.78 is 6.35. The number of halogens is 1. The summed E-state index contributed by atoms with van der Waals surface area (Å²) in [5.74, 6) is 1.54. The molecule has 2 heterocycles. The van der Waals surface area contributed by atoms with Crippen LogP contribution in [0.4, 0.5) is 0 Å². The van der Waals surface area contributed by atoms with Crippen LogP contribution in [0.25, 0.3) is 11.4 Å². The molecule has 4 rings (SSSR count). The number of hydrogen-bond donors (Lipinski definition) is 0. The summed E-state index contributed by atoms with van der Waals surface area (Å²) in [4.78, 5) is 19.2. The lowest BCUT2D eigenvalue weighted by Crippen LogP contribution is -2.38. The number of amides is 1. The fourth-order valence-corrected chi connectivity index (χ4v) is 3.81. The molecule has 0 saturated carbocycles. The quantitative estimate of drug-likeness (QED) is 0.602. The topological polar surface area (TPSA) is 59.2 Å². The van der Waals surface area contributed by atoms with Gasteiger partial charge in [0.15, 0.2) is 0 Å². The van der Waals surface area contributed by atoms with Crippen molar-refractivity contribution in [2.45, 2.75) is 25.7 Å². The summed E-state index contributed by atoms with van der Waals surface area (Å²) in [6.07, 6.45) is 1.65. The molecule has 138 valence electrons. The normalized spacial score (nSPS) is 15.1. The molecule has 0 aliphatic carbocycles. The Morgan fingerprint density at radius 1 is 1.11 bits per heavy atom. The number of benzene rings is 2. The van der Waals surface area contributed by atoms with Crippen molar-refractivity contribution in [1.82, 2.24) is 15.0 Å². The molecule has 1 amide bonds. The second kappa shape index (κ2) is 7.64. The van der Waals surface area contributed by atoms with Gasteiger partial charge < -0.3 is 9.42 Å². The highest BCUT2D eigenvalue weighted by molar-refractivity contribution is 9.10.